The van der Waals surface area contributed by atoms with Gasteiger partial charge in [-0.3, -0.25) is 4.79 Å². The van der Waals surface area contributed by atoms with E-state index in [1.54, 1.807) is 6.92 Å². The molecule has 1 aliphatic rings. The van der Waals surface area contributed by atoms with Gasteiger partial charge in [-0.2, -0.15) is 0 Å². The quantitative estimate of drug-likeness (QED) is 0.577. The van der Waals surface area contributed by atoms with Crippen molar-refractivity contribution in [1.82, 2.24) is 0 Å². The molecule has 0 fully saturated rings. The van der Waals surface area contributed by atoms with Crippen LogP contribution in [0.3, 0.4) is 0 Å². The van der Waals surface area contributed by atoms with Crippen molar-refractivity contribution in [3.8, 4) is 0 Å². The summed E-state index contributed by atoms with van der Waals surface area (Å²) in [5, 5.41) is 0. The first-order valence-corrected chi connectivity index (χ1v) is 6.16. The minimum Gasteiger partial charge on any atom is -0.450 e. The van der Waals surface area contributed by atoms with Gasteiger partial charge in [0, 0.05) is 6.42 Å². The van der Waals surface area contributed by atoms with E-state index >= 15 is 0 Å². The molecular weight excluding hydrogens is 276 g/mol. The minimum atomic E-state index is -0.489. The number of hydrogen-bond donors (Lipinski definition) is 0. The normalized spacial score (nSPS) is 19.9. The maximum Gasteiger partial charge on any atom is 0.349 e. The van der Waals surface area contributed by atoms with E-state index in [4.69, 9.17) is 9.47 Å². The Morgan fingerprint density at radius 2 is 2.19 bits per heavy atom. The Labute approximate surface area is 103 Å². The third-order valence-electron chi connectivity index (χ3n) is 2.26. The number of rotatable bonds is 5. The van der Waals surface area contributed by atoms with Gasteiger partial charge in [-0.1, -0.05) is 19.8 Å². The molecule has 0 saturated carbocycles. The number of ether oxygens (including phenoxy) is 2. The van der Waals surface area contributed by atoms with Gasteiger partial charge in [0.2, 0.25) is 0 Å². The summed E-state index contributed by atoms with van der Waals surface area (Å²) in [6.07, 6.45) is 2.75. The predicted octanol–water partition coefficient (Wildman–Crippen LogP) is 2.66. The monoisotopic (exact) mass is 290 g/mol. The summed E-state index contributed by atoms with van der Waals surface area (Å²) < 4.78 is 10.2. The molecule has 0 aromatic heterocycles. The molecule has 0 bridgehead atoms. The van der Waals surface area contributed by atoms with Crippen LogP contribution in [0.4, 0.5) is 0 Å². The zero-order chi connectivity index (χ0) is 12.1. The largest absolute Gasteiger partial charge is 0.450 e. The first-order chi connectivity index (χ1) is 7.56. The summed E-state index contributed by atoms with van der Waals surface area (Å²) in [6.45, 7) is 3.73. The summed E-state index contributed by atoms with van der Waals surface area (Å²) in [6, 6.07) is 0. The molecule has 0 aromatic carbocycles. The molecule has 1 atom stereocenters. The lowest BCUT2D eigenvalue weighted by molar-refractivity contribution is -0.144. The average Bonchev–Trinajstić information content (AvgIpc) is 2.46. The topological polar surface area (TPSA) is 52.6 Å². The maximum absolute atomic E-state index is 11.4. The Hall–Kier alpha value is -0.840. The van der Waals surface area contributed by atoms with E-state index in [0.717, 1.165) is 19.3 Å². The van der Waals surface area contributed by atoms with E-state index in [1.807, 2.05) is 0 Å². The first kappa shape index (κ1) is 13.2. The van der Waals surface area contributed by atoms with Crippen LogP contribution in [0.1, 0.15) is 39.5 Å². The highest BCUT2D eigenvalue weighted by molar-refractivity contribution is 9.12. The van der Waals surface area contributed by atoms with Crippen molar-refractivity contribution >= 4 is 27.9 Å². The summed E-state index contributed by atoms with van der Waals surface area (Å²) in [4.78, 5) is 22.5. The summed E-state index contributed by atoms with van der Waals surface area (Å²) >= 11 is 3.05. The molecule has 1 unspecified atom stereocenters. The third-order valence-corrected chi connectivity index (χ3v) is 2.97. The van der Waals surface area contributed by atoms with Crippen LogP contribution < -0.4 is 0 Å². The SMILES string of the molecule is CCCCCC(=O)OC1=C(Br)C(=O)OC1C. The highest BCUT2D eigenvalue weighted by Crippen LogP contribution is 2.28. The number of carbonyl (C=O) groups excluding carboxylic acids is 2. The highest BCUT2D eigenvalue weighted by atomic mass is 79.9. The van der Waals surface area contributed by atoms with Crippen LogP contribution in [0, 0.1) is 0 Å². The molecule has 16 heavy (non-hydrogen) atoms. The standard InChI is InChI=1S/C11H15BrO4/c1-3-4-5-6-8(13)16-10-7(2)15-11(14)9(10)12/h7H,3-6H2,1-2H3. The number of carbonyl (C=O) groups is 2. The molecule has 0 N–H and O–H groups in total. The molecule has 5 heteroatoms. The first-order valence-electron chi connectivity index (χ1n) is 5.37. The molecule has 1 rings (SSSR count). The van der Waals surface area contributed by atoms with Gasteiger partial charge in [0.15, 0.2) is 11.9 Å². The lowest BCUT2D eigenvalue weighted by Crippen LogP contribution is -2.12. The van der Waals surface area contributed by atoms with Crippen molar-refractivity contribution in [2.75, 3.05) is 0 Å². The van der Waals surface area contributed by atoms with Crippen molar-refractivity contribution < 1.29 is 19.1 Å². The van der Waals surface area contributed by atoms with Crippen molar-refractivity contribution in [3.05, 3.63) is 10.2 Å². The zero-order valence-electron chi connectivity index (χ0n) is 9.42. The molecule has 1 aliphatic heterocycles. The fourth-order valence-corrected chi connectivity index (χ4v) is 1.86. The number of cyclic esters (lactones) is 1. The van der Waals surface area contributed by atoms with E-state index in [2.05, 4.69) is 22.9 Å². The number of halogens is 1. The number of hydrogen-bond acceptors (Lipinski definition) is 4. The fraction of sp³-hybridized carbons (Fsp3) is 0.636. The van der Waals surface area contributed by atoms with Gasteiger partial charge in [0.1, 0.15) is 4.48 Å². The molecule has 0 spiro atoms. The van der Waals surface area contributed by atoms with Gasteiger partial charge in [-0.05, 0) is 29.3 Å². The smallest absolute Gasteiger partial charge is 0.349 e. The number of unbranched alkanes of at least 4 members (excludes halogenated alkanes) is 2. The molecular formula is C11H15BrO4. The Bertz CT molecular complexity index is 322. The molecule has 0 aliphatic carbocycles. The second-order valence-corrected chi connectivity index (χ2v) is 4.45. The van der Waals surface area contributed by atoms with Gasteiger partial charge in [0.25, 0.3) is 0 Å². The Morgan fingerprint density at radius 3 is 2.69 bits per heavy atom. The van der Waals surface area contributed by atoms with Gasteiger partial charge in [-0.25, -0.2) is 4.79 Å². The van der Waals surface area contributed by atoms with Gasteiger partial charge >= 0.3 is 11.9 Å². The molecule has 0 radical (unpaired) electrons. The maximum atomic E-state index is 11.4. The van der Waals surface area contributed by atoms with Crippen LogP contribution in [0.2, 0.25) is 0 Å². The second kappa shape index (κ2) is 6.03. The third kappa shape index (κ3) is 3.33. The van der Waals surface area contributed by atoms with E-state index in [-0.39, 0.29) is 16.2 Å². The van der Waals surface area contributed by atoms with Crippen LogP contribution in [0.25, 0.3) is 0 Å². The lowest BCUT2D eigenvalue weighted by atomic mass is 10.2. The Balaban J connectivity index is 2.47. The highest BCUT2D eigenvalue weighted by Gasteiger charge is 2.32. The van der Waals surface area contributed by atoms with Crippen LogP contribution in [-0.4, -0.2) is 18.0 Å². The van der Waals surface area contributed by atoms with E-state index < -0.39 is 12.1 Å². The van der Waals surface area contributed by atoms with Crippen LogP contribution >= 0.6 is 15.9 Å². The molecule has 90 valence electrons. The second-order valence-electron chi connectivity index (χ2n) is 3.66. The van der Waals surface area contributed by atoms with E-state index in [9.17, 15) is 9.59 Å². The Kier molecular flexibility index (Phi) is 4.99. The Morgan fingerprint density at radius 1 is 1.50 bits per heavy atom. The van der Waals surface area contributed by atoms with Crippen LogP contribution in [-0.2, 0) is 19.1 Å². The summed E-state index contributed by atoms with van der Waals surface area (Å²) in [5.74, 6) is -0.513. The van der Waals surface area contributed by atoms with E-state index in [0.29, 0.717) is 6.42 Å². The minimum absolute atomic E-state index is 0.212. The fourth-order valence-electron chi connectivity index (χ4n) is 1.37. The molecule has 1 heterocycles. The average molecular weight is 291 g/mol. The number of esters is 2. The molecule has 4 nitrogen and oxygen atoms in total. The van der Waals surface area contributed by atoms with E-state index in [1.165, 1.54) is 0 Å². The lowest BCUT2D eigenvalue weighted by Gasteiger charge is -2.08. The van der Waals surface area contributed by atoms with Crippen molar-refractivity contribution in [2.24, 2.45) is 0 Å². The van der Waals surface area contributed by atoms with Gasteiger partial charge in [0.05, 0.1) is 0 Å². The predicted molar refractivity (Wildman–Crippen MR) is 61.7 cm³/mol. The van der Waals surface area contributed by atoms with Crippen LogP contribution in [0.5, 0.6) is 0 Å². The van der Waals surface area contributed by atoms with Gasteiger partial charge in [-0.15, -0.1) is 0 Å². The van der Waals surface area contributed by atoms with Gasteiger partial charge < -0.3 is 9.47 Å². The molecule has 0 saturated heterocycles. The summed E-state index contributed by atoms with van der Waals surface area (Å²) in [7, 11) is 0. The molecule has 0 aromatic rings. The molecule has 0 amide bonds. The van der Waals surface area contributed by atoms with Crippen molar-refractivity contribution in [1.29, 1.82) is 0 Å². The van der Waals surface area contributed by atoms with Crippen molar-refractivity contribution in [3.63, 3.8) is 0 Å². The summed E-state index contributed by atoms with van der Waals surface area (Å²) in [5.41, 5.74) is 0. The van der Waals surface area contributed by atoms with Crippen molar-refractivity contribution in [2.45, 2.75) is 45.6 Å². The zero-order valence-corrected chi connectivity index (χ0v) is 11.0. The van der Waals surface area contributed by atoms with Crippen LogP contribution in [0.15, 0.2) is 10.2 Å².